The van der Waals surface area contributed by atoms with Crippen LogP contribution in [0.4, 0.5) is 19.0 Å². The summed E-state index contributed by atoms with van der Waals surface area (Å²) in [6.45, 7) is 2.26. The van der Waals surface area contributed by atoms with Crippen LogP contribution in [0.15, 0.2) is 12.1 Å². The van der Waals surface area contributed by atoms with E-state index < -0.39 is 23.1 Å². The number of aromatic nitrogens is 2. The van der Waals surface area contributed by atoms with E-state index in [2.05, 4.69) is 10.4 Å². The summed E-state index contributed by atoms with van der Waals surface area (Å²) in [4.78, 5) is 12.1. The van der Waals surface area contributed by atoms with Crippen molar-refractivity contribution in [1.29, 1.82) is 5.26 Å². The number of benzene rings is 1. The van der Waals surface area contributed by atoms with Crippen molar-refractivity contribution in [2.45, 2.75) is 37.8 Å². The van der Waals surface area contributed by atoms with Gasteiger partial charge in [0, 0.05) is 6.54 Å². The zero-order valence-corrected chi connectivity index (χ0v) is 17.7. The molecule has 6 nitrogen and oxygen atoms in total. The van der Waals surface area contributed by atoms with E-state index in [-0.39, 0.29) is 38.7 Å². The number of nitrogens with zero attached hydrogens (tertiary/aromatic N) is 3. The number of carbonyl (C=O) groups is 1. The van der Waals surface area contributed by atoms with Gasteiger partial charge in [-0.2, -0.15) is 23.5 Å². The molecule has 1 heterocycles. The third kappa shape index (κ3) is 3.62. The fourth-order valence-corrected chi connectivity index (χ4v) is 4.56. The summed E-state index contributed by atoms with van der Waals surface area (Å²) >= 11 is 12.4. The highest BCUT2D eigenvalue weighted by Crippen LogP contribution is 2.57. The normalized spacial score (nSPS) is 22.8. The molecule has 2 aliphatic carbocycles. The molecule has 0 aliphatic heterocycles. The highest BCUT2D eigenvalue weighted by atomic mass is 35.5. The van der Waals surface area contributed by atoms with E-state index in [4.69, 9.17) is 23.2 Å². The summed E-state index contributed by atoms with van der Waals surface area (Å²) in [5.74, 6) is -0.721. The van der Waals surface area contributed by atoms with Crippen LogP contribution >= 0.6 is 23.2 Å². The topological polar surface area (TPSA) is 90.9 Å². The number of hydrogen-bond donors (Lipinski definition) is 2. The minimum absolute atomic E-state index is 0.0498. The molecule has 1 aromatic heterocycles. The second-order valence-electron chi connectivity index (χ2n) is 8.09. The largest absolute Gasteiger partial charge is 0.481 e. The second-order valence-corrected chi connectivity index (χ2v) is 8.90. The Balaban J connectivity index is 1.93. The average molecular weight is 473 g/mol. The monoisotopic (exact) mass is 472 g/mol. The number of alkyl halides is 3. The fraction of sp³-hybridized carbons (Fsp3) is 0.450. The molecule has 1 aromatic carbocycles. The van der Waals surface area contributed by atoms with Gasteiger partial charge >= 0.3 is 12.1 Å². The lowest BCUT2D eigenvalue weighted by Gasteiger charge is -2.18. The molecule has 2 atom stereocenters. The highest BCUT2D eigenvalue weighted by molar-refractivity contribution is 6.38. The van der Waals surface area contributed by atoms with Gasteiger partial charge in [0.2, 0.25) is 0 Å². The number of nitriles is 1. The molecular weight excluding hydrogens is 456 g/mol. The van der Waals surface area contributed by atoms with Crippen molar-refractivity contribution < 1.29 is 23.1 Å². The third-order valence-electron chi connectivity index (χ3n) is 5.94. The van der Waals surface area contributed by atoms with E-state index in [1.807, 2.05) is 6.07 Å². The van der Waals surface area contributed by atoms with Gasteiger partial charge in [0.05, 0.1) is 21.2 Å². The number of aliphatic carboxylic acids is 1. The van der Waals surface area contributed by atoms with Crippen LogP contribution in [0.5, 0.6) is 0 Å². The van der Waals surface area contributed by atoms with Crippen LogP contribution in [-0.2, 0) is 16.4 Å². The predicted molar refractivity (Wildman–Crippen MR) is 108 cm³/mol. The van der Waals surface area contributed by atoms with Gasteiger partial charge in [-0.15, -0.1) is 0 Å². The Labute approximate surface area is 185 Å². The molecule has 2 N–H and O–H groups in total. The summed E-state index contributed by atoms with van der Waals surface area (Å²) in [6.07, 6.45) is -2.33. The van der Waals surface area contributed by atoms with Crippen molar-refractivity contribution in [3.63, 3.8) is 0 Å². The number of rotatable bonds is 6. The molecule has 0 bridgehead atoms. The van der Waals surface area contributed by atoms with Gasteiger partial charge in [0.1, 0.15) is 23.0 Å². The van der Waals surface area contributed by atoms with E-state index in [9.17, 15) is 28.3 Å². The Morgan fingerprint density at radius 3 is 2.39 bits per heavy atom. The van der Waals surface area contributed by atoms with Crippen molar-refractivity contribution >= 4 is 35.0 Å². The van der Waals surface area contributed by atoms with E-state index in [0.717, 1.165) is 29.7 Å². The Morgan fingerprint density at radius 2 is 1.97 bits per heavy atom. The lowest BCUT2D eigenvalue weighted by molar-refractivity contribution is -0.140. The Kier molecular flexibility index (Phi) is 5.14. The standard InChI is InChI=1S/C20H17Cl2F3N4O2/c1-9-6-19(9,18(30)31)15-14(7-26)28-29(17(15)27-8-10-2-3-10)16-12(21)4-11(5-13(16)22)20(23,24)25/h4-5,9-10,27H,2-3,6,8H2,1H3,(H,30,31). The average Bonchev–Trinajstić information content (AvgIpc) is 3.58. The van der Waals surface area contributed by atoms with Crippen LogP contribution in [0.1, 0.15) is 43.0 Å². The van der Waals surface area contributed by atoms with Gasteiger partial charge in [0.25, 0.3) is 0 Å². The molecule has 2 aliphatic rings. The molecule has 11 heteroatoms. The first-order valence-corrected chi connectivity index (χ1v) is 10.3. The first kappa shape index (κ1) is 21.8. The maximum Gasteiger partial charge on any atom is 0.416 e. The minimum atomic E-state index is -4.65. The van der Waals surface area contributed by atoms with Gasteiger partial charge in [-0.25, -0.2) is 4.68 Å². The third-order valence-corrected chi connectivity index (χ3v) is 6.52. The van der Waals surface area contributed by atoms with Crippen LogP contribution in [0.25, 0.3) is 5.69 Å². The number of carboxylic acids is 1. The van der Waals surface area contributed by atoms with Gasteiger partial charge in [-0.3, -0.25) is 4.79 Å². The first-order valence-electron chi connectivity index (χ1n) is 9.58. The molecule has 2 aromatic rings. The molecule has 164 valence electrons. The van der Waals surface area contributed by atoms with Gasteiger partial charge in [-0.05, 0) is 43.2 Å². The van der Waals surface area contributed by atoms with Crippen LogP contribution in [0.3, 0.4) is 0 Å². The zero-order chi connectivity index (χ0) is 22.7. The summed E-state index contributed by atoms with van der Waals surface area (Å²) in [5, 5.41) is 26.3. The molecule has 0 radical (unpaired) electrons. The van der Waals surface area contributed by atoms with Crippen molar-refractivity contribution in [2.75, 3.05) is 11.9 Å². The second kappa shape index (κ2) is 7.31. The lowest BCUT2D eigenvalue weighted by Crippen LogP contribution is -2.24. The van der Waals surface area contributed by atoms with E-state index in [1.165, 1.54) is 0 Å². The fourth-order valence-electron chi connectivity index (χ4n) is 3.92. The lowest BCUT2D eigenvalue weighted by atomic mass is 9.93. The van der Waals surface area contributed by atoms with Crippen LogP contribution in [0, 0.1) is 23.2 Å². The number of carboxylic acid groups (broad SMARTS) is 1. The summed E-state index contributed by atoms with van der Waals surface area (Å²) in [6, 6.07) is 3.38. The van der Waals surface area contributed by atoms with Gasteiger partial charge < -0.3 is 10.4 Å². The maximum atomic E-state index is 13.1. The summed E-state index contributed by atoms with van der Waals surface area (Å²) < 4.78 is 40.6. The van der Waals surface area contributed by atoms with Gasteiger partial charge in [-0.1, -0.05) is 30.1 Å². The minimum Gasteiger partial charge on any atom is -0.481 e. The van der Waals surface area contributed by atoms with E-state index in [1.54, 1.807) is 6.92 Å². The molecule has 0 amide bonds. The number of nitrogens with one attached hydrogen (secondary N) is 1. The van der Waals surface area contributed by atoms with Crippen molar-refractivity contribution in [2.24, 2.45) is 11.8 Å². The van der Waals surface area contributed by atoms with Crippen LogP contribution in [0.2, 0.25) is 10.0 Å². The maximum absolute atomic E-state index is 13.1. The molecule has 0 saturated heterocycles. The summed E-state index contributed by atoms with van der Waals surface area (Å²) in [5.41, 5.74) is -2.30. The molecule has 2 saturated carbocycles. The predicted octanol–water partition coefficient (Wildman–Crippen LogP) is 5.25. The molecule has 31 heavy (non-hydrogen) atoms. The number of halogens is 5. The molecule has 2 fully saturated rings. The van der Waals surface area contributed by atoms with Crippen LogP contribution < -0.4 is 5.32 Å². The van der Waals surface area contributed by atoms with Crippen molar-refractivity contribution in [1.82, 2.24) is 9.78 Å². The number of anilines is 1. The summed E-state index contributed by atoms with van der Waals surface area (Å²) in [7, 11) is 0. The molecule has 2 unspecified atom stereocenters. The first-order chi connectivity index (χ1) is 14.5. The van der Waals surface area contributed by atoms with E-state index >= 15 is 0 Å². The Morgan fingerprint density at radius 1 is 1.39 bits per heavy atom. The molecule has 4 rings (SSSR count). The smallest absolute Gasteiger partial charge is 0.416 e. The number of hydrogen-bond acceptors (Lipinski definition) is 4. The molecule has 0 spiro atoms. The van der Waals surface area contributed by atoms with Crippen molar-refractivity contribution in [3.05, 3.63) is 39.0 Å². The SMILES string of the molecule is CC1CC1(C(=O)O)c1c(C#N)nn(-c2c(Cl)cc(C(F)(F)F)cc2Cl)c1NCC1CC1. The Bertz CT molecular complexity index is 1100. The zero-order valence-electron chi connectivity index (χ0n) is 16.2. The van der Waals surface area contributed by atoms with Crippen molar-refractivity contribution in [3.8, 4) is 11.8 Å². The highest BCUT2D eigenvalue weighted by Gasteiger charge is 2.62. The quantitative estimate of drug-likeness (QED) is 0.598. The van der Waals surface area contributed by atoms with Gasteiger partial charge in [0.15, 0.2) is 5.69 Å². The van der Waals surface area contributed by atoms with Crippen LogP contribution in [-0.4, -0.2) is 27.4 Å². The molecular formula is C20H17Cl2F3N4O2. The Hall–Kier alpha value is -2.44. The van der Waals surface area contributed by atoms with E-state index in [0.29, 0.717) is 18.9 Å².